The van der Waals surface area contributed by atoms with Gasteiger partial charge in [-0.25, -0.2) is 0 Å². The van der Waals surface area contributed by atoms with E-state index in [-0.39, 0.29) is 0 Å². The summed E-state index contributed by atoms with van der Waals surface area (Å²) in [5, 5.41) is 2.35. The van der Waals surface area contributed by atoms with E-state index >= 15 is 0 Å². The van der Waals surface area contributed by atoms with Crippen molar-refractivity contribution in [2.45, 2.75) is 30.4 Å². The minimum atomic E-state index is 0.491. The molecule has 0 radical (unpaired) electrons. The lowest BCUT2D eigenvalue weighted by Crippen LogP contribution is -2.84. The molecule has 1 aromatic rings. The highest BCUT2D eigenvalue weighted by Crippen LogP contribution is 2.14. The van der Waals surface area contributed by atoms with Gasteiger partial charge in [-0.2, -0.15) is 0 Å². The molecule has 16 heavy (non-hydrogen) atoms. The van der Waals surface area contributed by atoms with Crippen molar-refractivity contribution in [2.24, 2.45) is 0 Å². The van der Waals surface area contributed by atoms with Gasteiger partial charge in [-0.3, -0.25) is 0 Å². The molecule has 1 aromatic carbocycles. The van der Waals surface area contributed by atoms with Crippen LogP contribution in [-0.4, -0.2) is 25.5 Å². The summed E-state index contributed by atoms with van der Waals surface area (Å²) < 4.78 is 5.59. The zero-order valence-corrected chi connectivity index (χ0v) is 10.6. The summed E-state index contributed by atoms with van der Waals surface area (Å²) >= 11 is 1.79. The van der Waals surface area contributed by atoms with Crippen LogP contribution in [0.15, 0.2) is 29.2 Å². The van der Waals surface area contributed by atoms with Crippen molar-refractivity contribution in [1.82, 2.24) is 0 Å². The Hall–Kier alpha value is -0.510. The maximum absolute atomic E-state index is 5.59. The van der Waals surface area contributed by atoms with Gasteiger partial charge in [0.25, 0.3) is 0 Å². The Labute approximate surface area is 102 Å². The van der Waals surface area contributed by atoms with Gasteiger partial charge in [0.15, 0.2) is 0 Å². The van der Waals surface area contributed by atoms with Crippen LogP contribution >= 0.6 is 11.8 Å². The Balaban J connectivity index is 1.71. The molecule has 1 aliphatic heterocycles. The van der Waals surface area contributed by atoms with E-state index in [0.717, 1.165) is 19.7 Å². The van der Waals surface area contributed by atoms with Gasteiger partial charge in [0.1, 0.15) is 19.2 Å². The predicted octanol–water partition coefficient (Wildman–Crippen LogP) is 1.65. The smallest absolute Gasteiger partial charge is 0.106 e. The molecule has 0 saturated carbocycles. The van der Waals surface area contributed by atoms with Crippen LogP contribution in [0.25, 0.3) is 0 Å². The monoisotopic (exact) mass is 238 g/mol. The molecule has 0 amide bonds. The van der Waals surface area contributed by atoms with Crippen LogP contribution in [0.2, 0.25) is 0 Å². The highest BCUT2D eigenvalue weighted by atomic mass is 32.2. The molecule has 2 N–H and O–H groups in total. The molecule has 1 aliphatic rings. The molecule has 1 atom stereocenters. The average Bonchev–Trinajstić information content (AvgIpc) is 2.83. The summed E-state index contributed by atoms with van der Waals surface area (Å²) in [5.74, 6) is 0. The minimum Gasteiger partial charge on any atom is -0.372 e. The quantitative estimate of drug-likeness (QED) is 0.789. The van der Waals surface area contributed by atoms with E-state index in [9.17, 15) is 0 Å². The molecule has 3 heteroatoms. The summed E-state index contributed by atoms with van der Waals surface area (Å²) in [7, 11) is 0. The number of ether oxygens (including phenoxy) is 1. The Morgan fingerprint density at radius 2 is 2.19 bits per heavy atom. The SMILES string of the molecule is CSc1ccc(C[NH2+]C[C@@H]2CCCO2)cc1. The number of thioether (sulfide) groups is 1. The standard InChI is InChI=1S/C13H19NOS/c1-16-13-6-4-11(5-7-13)9-14-10-12-3-2-8-15-12/h4-7,12,14H,2-3,8-10H2,1H3/p+1/t12-/m0/s1. The van der Waals surface area contributed by atoms with Gasteiger partial charge in [-0.1, -0.05) is 12.1 Å². The second-order valence-corrected chi connectivity index (χ2v) is 5.09. The van der Waals surface area contributed by atoms with Crippen LogP contribution in [0.5, 0.6) is 0 Å². The fraction of sp³-hybridized carbons (Fsp3) is 0.538. The zero-order chi connectivity index (χ0) is 11.2. The summed E-state index contributed by atoms with van der Waals surface area (Å²) in [6.07, 6.45) is 5.08. The Bertz CT molecular complexity index is 306. The first-order chi connectivity index (χ1) is 7.88. The van der Waals surface area contributed by atoms with Gasteiger partial charge in [0.05, 0.1) is 0 Å². The molecule has 1 saturated heterocycles. The maximum Gasteiger partial charge on any atom is 0.106 e. The molecule has 0 spiro atoms. The zero-order valence-electron chi connectivity index (χ0n) is 9.82. The first kappa shape index (κ1) is 12.0. The summed E-state index contributed by atoms with van der Waals surface area (Å²) in [4.78, 5) is 1.34. The molecule has 1 heterocycles. The van der Waals surface area contributed by atoms with Crippen molar-refractivity contribution in [3.8, 4) is 0 Å². The lowest BCUT2D eigenvalue weighted by molar-refractivity contribution is -0.676. The predicted molar refractivity (Wildman–Crippen MR) is 67.7 cm³/mol. The third-order valence-electron chi connectivity index (χ3n) is 2.99. The van der Waals surface area contributed by atoms with Crippen LogP contribution < -0.4 is 5.32 Å². The number of rotatable bonds is 5. The second kappa shape index (κ2) is 6.28. The number of hydrogen-bond donors (Lipinski definition) is 1. The van der Waals surface area contributed by atoms with Crippen molar-refractivity contribution in [1.29, 1.82) is 0 Å². The molecular weight excluding hydrogens is 218 g/mol. The summed E-state index contributed by atoms with van der Waals surface area (Å²) in [5.41, 5.74) is 1.40. The van der Waals surface area contributed by atoms with E-state index in [1.165, 1.54) is 23.3 Å². The third kappa shape index (κ3) is 3.51. The summed E-state index contributed by atoms with van der Waals surface area (Å²) in [6.45, 7) is 3.12. The van der Waals surface area contributed by atoms with E-state index in [4.69, 9.17) is 4.74 Å². The normalized spacial score (nSPS) is 20.2. The number of nitrogens with two attached hydrogens (primary N) is 1. The van der Waals surface area contributed by atoms with Crippen LogP contribution in [-0.2, 0) is 11.3 Å². The maximum atomic E-state index is 5.59. The van der Waals surface area contributed by atoms with E-state index < -0.39 is 0 Å². The Kier molecular flexibility index (Phi) is 4.69. The van der Waals surface area contributed by atoms with Gasteiger partial charge < -0.3 is 10.1 Å². The van der Waals surface area contributed by atoms with Crippen LogP contribution in [0.1, 0.15) is 18.4 Å². The molecule has 1 fully saturated rings. The molecule has 88 valence electrons. The van der Waals surface area contributed by atoms with Crippen LogP contribution in [0.3, 0.4) is 0 Å². The van der Waals surface area contributed by atoms with E-state index in [1.807, 2.05) is 0 Å². The fourth-order valence-electron chi connectivity index (χ4n) is 2.03. The first-order valence-electron chi connectivity index (χ1n) is 5.94. The molecule has 0 aromatic heterocycles. The van der Waals surface area contributed by atoms with E-state index in [2.05, 4.69) is 35.8 Å². The summed E-state index contributed by atoms with van der Waals surface area (Å²) in [6, 6.07) is 8.83. The lowest BCUT2D eigenvalue weighted by Gasteiger charge is -2.08. The second-order valence-electron chi connectivity index (χ2n) is 4.21. The first-order valence-corrected chi connectivity index (χ1v) is 7.17. The van der Waals surface area contributed by atoms with Crippen molar-refractivity contribution in [3.63, 3.8) is 0 Å². The molecule has 2 nitrogen and oxygen atoms in total. The van der Waals surface area contributed by atoms with Gasteiger partial charge in [0, 0.05) is 17.1 Å². The van der Waals surface area contributed by atoms with Gasteiger partial charge in [-0.15, -0.1) is 11.8 Å². The van der Waals surface area contributed by atoms with Gasteiger partial charge in [-0.05, 0) is 31.2 Å². The van der Waals surface area contributed by atoms with Gasteiger partial charge in [0.2, 0.25) is 0 Å². The van der Waals surface area contributed by atoms with Crippen molar-refractivity contribution in [2.75, 3.05) is 19.4 Å². The molecule has 0 aliphatic carbocycles. The van der Waals surface area contributed by atoms with Crippen LogP contribution in [0, 0.1) is 0 Å². The molecule has 0 bridgehead atoms. The Morgan fingerprint density at radius 1 is 1.38 bits per heavy atom. The molecular formula is C13H20NOS+. The Morgan fingerprint density at radius 3 is 2.81 bits per heavy atom. The third-order valence-corrected chi connectivity index (χ3v) is 3.74. The average molecular weight is 238 g/mol. The van der Waals surface area contributed by atoms with Crippen LogP contribution in [0.4, 0.5) is 0 Å². The lowest BCUT2D eigenvalue weighted by atomic mass is 10.2. The van der Waals surface area contributed by atoms with Gasteiger partial charge >= 0.3 is 0 Å². The fourth-order valence-corrected chi connectivity index (χ4v) is 2.44. The number of hydrogen-bond acceptors (Lipinski definition) is 2. The topological polar surface area (TPSA) is 25.8 Å². The van der Waals surface area contributed by atoms with Crippen molar-refractivity contribution in [3.05, 3.63) is 29.8 Å². The van der Waals surface area contributed by atoms with Crippen molar-refractivity contribution < 1.29 is 10.1 Å². The van der Waals surface area contributed by atoms with Crippen molar-refractivity contribution >= 4 is 11.8 Å². The van der Waals surface area contributed by atoms with E-state index in [1.54, 1.807) is 11.8 Å². The number of quaternary nitrogens is 1. The highest BCUT2D eigenvalue weighted by molar-refractivity contribution is 7.98. The molecule has 2 rings (SSSR count). The number of benzene rings is 1. The highest BCUT2D eigenvalue weighted by Gasteiger charge is 2.16. The molecule has 0 unspecified atom stereocenters. The van der Waals surface area contributed by atoms with E-state index in [0.29, 0.717) is 6.10 Å². The minimum absolute atomic E-state index is 0.491. The largest absolute Gasteiger partial charge is 0.372 e.